The molecule has 0 aliphatic heterocycles. The molecule has 3 rings (SSSR count). The summed E-state index contributed by atoms with van der Waals surface area (Å²) in [6.45, 7) is 0. The van der Waals surface area contributed by atoms with Crippen LogP contribution >= 0.6 is 0 Å². The number of carboxylic acids is 2. The van der Waals surface area contributed by atoms with E-state index in [2.05, 4.69) is 0 Å². The molecule has 1 aliphatic rings. The van der Waals surface area contributed by atoms with E-state index in [4.69, 9.17) is 15.9 Å². The third-order valence-electron chi connectivity index (χ3n) is 5.45. The van der Waals surface area contributed by atoms with E-state index in [1.165, 1.54) is 12.1 Å². The zero-order valence-electron chi connectivity index (χ0n) is 16.8. The van der Waals surface area contributed by atoms with Crippen molar-refractivity contribution >= 4 is 11.9 Å². The molecule has 2 aromatic carbocycles. The second-order valence-corrected chi connectivity index (χ2v) is 7.59. The van der Waals surface area contributed by atoms with E-state index in [0.29, 0.717) is 5.56 Å². The Balaban J connectivity index is 0.000000222. The van der Waals surface area contributed by atoms with Crippen molar-refractivity contribution in [2.45, 2.75) is 50.2 Å². The summed E-state index contributed by atoms with van der Waals surface area (Å²) in [6, 6.07) is 14.2. The Bertz CT molecular complexity index is 817. The fourth-order valence-electron chi connectivity index (χ4n) is 3.72. The molecule has 0 radical (unpaired) electrons. The molecule has 6 N–H and O–H groups in total. The molecule has 0 unspecified atom stereocenters. The first-order valence-corrected chi connectivity index (χ1v) is 10.0. The van der Waals surface area contributed by atoms with Crippen molar-refractivity contribution in [1.82, 2.24) is 0 Å². The van der Waals surface area contributed by atoms with Gasteiger partial charge in [-0.15, -0.1) is 0 Å². The molecular weight excluding hydrogens is 386 g/mol. The Kier molecular flexibility index (Phi) is 8.38. The first-order chi connectivity index (χ1) is 14.2. The number of hydrogen-bond acceptors (Lipinski definition) is 5. The average molecular weight is 415 g/mol. The summed E-state index contributed by atoms with van der Waals surface area (Å²) in [5, 5.41) is 37.4. The van der Waals surface area contributed by atoms with E-state index >= 15 is 0 Å². The highest BCUT2D eigenvalue weighted by atomic mass is 16.4. The lowest BCUT2D eigenvalue weighted by Gasteiger charge is -2.35. The highest BCUT2D eigenvalue weighted by Crippen LogP contribution is 2.39. The molecule has 0 amide bonds. The Labute approximate surface area is 175 Å². The van der Waals surface area contributed by atoms with E-state index in [0.717, 1.165) is 37.7 Å². The van der Waals surface area contributed by atoms with Crippen LogP contribution in [-0.4, -0.2) is 38.4 Å². The van der Waals surface area contributed by atoms with Crippen LogP contribution in [0.2, 0.25) is 0 Å². The fourth-order valence-corrected chi connectivity index (χ4v) is 3.72. The Hall–Kier alpha value is -2.90. The predicted molar refractivity (Wildman–Crippen MR) is 112 cm³/mol. The molecule has 1 saturated carbocycles. The van der Waals surface area contributed by atoms with Gasteiger partial charge in [0, 0.05) is 5.92 Å². The van der Waals surface area contributed by atoms with Gasteiger partial charge in [0.05, 0.1) is 0 Å². The molecule has 30 heavy (non-hydrogen) atoms. The van der Waals surface area contributed by atoms with Crippen LogP contribution < -0.4 is 5.73 Å². The van der Waals surface area contributed by atoms with E-state index < -0.39 is 23.6 Å². The summed E-state index contributed by atoms with van der Waals surface area (Å²) in [4.78, 5) is 21.9. The van der Waals surface area contributed by atoms with Gasteiger partial charge in [-0.1, -0.05) is 61.7 Å². The normalized spacial score (nSPS) is 17.1. The fraction of sp³-hybridized carbons (Fsp3) is 0.391. The molecule has 0 bridgehead atoms. The number of carboxylic acid groups (broad SMARTS) is 2. The van der Waals surface area contributed by atoms with Gasteiger partial charge in [0.15, 0.2) is 5.60 Å². The van der Waals surface area contributed by atoms with Crippen molar-refractivity contribution in [3.63, 3.8) is 0 Å². The number of phenols is 1. The van der Waals surface area contributed by atoms with Gasteiger partial charge < -0.3 is 26.2 Å². The van der Waals surface area contributed by atoms with Gasteiger partial charge in [-0.25, -0.2) is 4.79 Å². The SMILES string of the molecule is N[C@@H](Cc1ccc(O)cc1)C(=O)O.O=C(O)[C@@](O)(c1ccccc1)C1CCCCC1. The number of hydrogen-bond donors (Lipinski definition) is 5. The van der Waals surface area contributed by atoms with Gasteiger partial charge in [-0.3, -0.25) is 4.79 Å². The van der Waals surface area contributed by atoms with Crippen molar-refractivity contribution in [3.05, 3.63) is 65.7 Å². The highest BCUT2D eigenvalue weighted by molar-refractivity contribution is 5.79. The molecular formula is C23H29NO6. The number of aromatic hydroxyl groups is 1. The zero-order valence-corrected chi connectivity index (χ0v) is 16.8. The average Bonchev–Trinajstić information content (AvgIpc) is 2.76. The number of aliphatic carboxylic acids is 2. The first-order valence-electron chi connectivity index (χ1n) is 10.0. The van der Waals surface area contributed by atoms with Crippen LogP contribution in [0, 0.1) is 5.92 Å². The van der Waals surface area contributed by atoms with Crippen molar-refractivity contribution in [3.8, 4) is 5.75 Å². The summed E-state index contributed by atoms with van der Waals surface area (Å²) in [5.74, 6) is -2.16. The van der Waals surface area contributed by atoms with Crippen LogP contribution in [-0.2, 0) is 21.6 Å². The van der Waals surface area contributed by atoms with Gasteiger partial charge in [0.25, 0.3) is 0 Å². The minimum Gasteiger partial charge on any atom is -0.508 e. The van der Waals surface area contributed by atoms with Gasteiger partial charge in [0.2, 0.25) is 0 Å². The molecule has 0 spiro atoms. The van der Waals surface area contributed by atoms with E-state index in [1.54, 1.807) is 36.4 Å². The maximum Gasteiger partial charge on any atom is 0.340 e. The summed E-state index contributed by atoms with van der Waals surface area (Å²) in [7, 11) is 0. The van der Waals surface area contributed by atoms with Crippen LogP contribution in [0.4, 0.5) is 0 Å². The van der Waals surface area contributed by atoms with Crippen LogP contribution in [0.5, 0.6) is 5.75 Å². The number of phenolic OH excluding ortho intramolecular Hbond substituents is 1. The molecule has 1 fully saturated rings. The van der Waals surface area contributed by atoms with Crippen LogP contribution in [0.3, 0.4) is 0 Å². The molecule has 162 valence electrons. The molecule has 2 aromatic rings. The Morgan fingerprint density at radius 1 is 0.967 bits per heavy atom. The van der Waals surface area contributed by atoms with Crippen molar-refractivity contribution in [1.29, 1.82) is 0 Å². The van der Waals surface area contributed by atoms with Crippen molar-refractivity contribution < 1.29 is 30.0 Å². The van der Waals surface area contributed by atoms with Gasteiger partial charge >= 0.3 is 11.9 Å². The minimum absolute atomic E-state index is 0.160. The third-order valence-corrected chi connectivity index (χ3v) is 5.45. The number of aliphatic hydroxyl groups is 1. The minimum atomic E-state index is -1.72. The van der Waals surface area contributed by atoms with Crippen molar-refractivity contribution in [2.75, 3.05) is 0 Å². The first kappa shape index (κ1) is 23.4. The van der Waals surface area contributed by atoms with Gasteiger partial charge in [-0.05, 0) is 42.5 Å². The number of carbonyl (C=O) groups is 2. The van der Waals surface area contributed by atoms with Crippen LogP contribution in [0.1, 0.15) is 43.2 Å². The largest absolute Gasteiger partial charge is 0.508 e. The van der Waals surface area contributed by atoms with Crippen LogP contribution in [0.25, 0.3) is 0 Å². The molecule has 0 saturated heterocycles. The monoisotopic (exact) mass is 415 g/mol. The molecule has 7 nitrogen and oxygen atoms in total. The number of rotatable bonds is 6. The summed E-state index contributed by atoms with van der Waals surface area (Å²) in [6.07, 6.45) is 5.01. The lowest BCUT2D eigenvalue weighted by atomic mass is 9.73. The zero-order chi connectivity index (χ0) is 22.1. The third kappa shape index (κ3) is 6.05. The highest BCUT2D eigenvalue weighted by Gasteiger charge is 2.45. The Morgan fingerprint density at radius 3 is 2.03 bits per heavy atom. The van der Waals surface area contributed by atoms with Crippen LogP contribution in [0.15, 0.2) is 54.6 Å². The second kappa shape index (κ2) is 10.8. The molecule has 7 heteroatoms. The van der Waals surface area contributed by atoms with Gasteiger partial charge in [0.1, 0.15) is 11.8 Å². The molecule has 0 heterocycles. The topological polar surface area (TPSA) is 141 Å². The van der Waals surface area contributed by atoms with E-state index in [1.807, 2.05) is 6.07 Å². The van der Waals surface area contributed by atoms with E-state index in [-0.39, 0.29) is 18.1 Å². The van der Waals surface area contributed by atoms with E-state index in [9.17, 15) is 19.8 Å². The second-order valence-electron chi connectivity index (χ2n) is 7.59. The summed E-state index contributed by atoms with van der Waals surface area (Å²) >= 11 is 0. The van der Waals surface area contributed by atoms with Crippen molar-refractivity contribution in [2.24, 2.45) is 11.7 Å². The quantitative estimate of drug-likeness (QED) is 0.488. The lowest BCUT2D eigenvalue weighted by molar-refractivity contribution is -0.168. The summed E-state index contributed by atoms with van der Waals surface area (Å²) in [5.41, 5.74) is 4.90. The lowest BCUT2D eigenvalue weighted by Crippen LogP contribution is -2.43. The number of benzene rings is 2. The smallest absolute Gasteiger partial charge is 0.340 e. The standard InChI is InChI=1S/C14H18O3.C9H11NO3/c15-13(16)14(17,11-7-3-1-4-8-11)12-9-5-2-6-10-12;10-8(9(12)13)5-6-1-3-7(11)4-2-6/h1,3-4,7-8,12,17H,2,5-6,9-10H2,(H,15,16);1-4,8,11H,5,10H2,(H,12,13)/t14-;8-/m10/s1. The summed E-state index contributed by atoms with van der Waals surface area (Å²) < 4.78 is 0. The van der Waals surface area contributed by atoms with Gasteiger partial charge in [-0.2, -0.15) is 0 Å². The maximum absolute atomic E-state index is 11.5. The Morgan fingerprint density at radius 2 is 1.53 bits per heavy atom. The maximum atomic E-state index is 11.5. The molecule has 1 aliphatic carbocycles. The molecule has 2 atom stereocenters. The molecule has 0 aromatic heterocycles. The predicted octanol–water partition coefficient (Wildman–Crippen LogP) is 2.89. The number of nitrogens with two attached hydrogens (primary N) is 1.